The van der Waals surface area contributed by atoms with Gasteiger partial charge in [-0.25, -0.2) is 0 Å². The van der Waals surface area contributed by atoms with Gasteiger partial charge in [-0.2, -0.15) is 5.10 Å². The van der Waals surface area contributed by atoms with Crippen LogP contribution in [0.25, 0.3) is 0 Å². The second-order valence-electron chi connectivity index (χ2n) is 5.15. The second-order valence-corrected chi connectivity index (χ2v) is 5.56. The SMILES string of the molecule is Cc1ccc(NC(=S)N/N=C2\CCc3ccccc32)cc1. The Hall–Kier alpha value is -2.20. The van der Waals surface area contributed by atoms with Gasteiger partial charge in [0, 0.05) is 11.3 Å². The lowest BCUT2D eigenvalue weighted by Gasteiger charge is -2.08. The molecule has 21 heavy (non-hydrogen) atoms. The fourth-order valence-corrected chi connectivity index (χ4v) is 2.60. The maximum absolute atomic E-state index is 5.27. The van der Waals surface area contributed by atoms with E-state index in [1.54, 1.807) is 0 Å². The second kappa shape index (κ2) is 6.06. The van der Waals surface area contributed by atoms with Gasteiger partial charge in [0.15, 0.2) is 5.11 Å². The van der Waals surface area contributed by atoms with Gasteiger partial charge >= 0.3 is 0 Å². The number of fused-ring (bicyclic) bond motifs is 1. The van der Waals surface area contributed by atoms with Crippen molar-refractivity contribution < 1.29 is 0 Å². The summed E-state index contributed by atoms with van der Waals surface area (Å²) >= 11 is 5.27. The summed E-state index contributed by atoms with van der Waals surface area (Å²) in [5, 5.41) is 8.08. The molecule has 0 atom stereocenters. The first-order valence-electron chi connectivity index (χ1n) is 7.01. The summed E-state index contributed by atoms with van der Waals surface area (Å²) in [5.74, 6) is 0. The summed E-state index contributed by atoms with van der Waals surface area (Å²) in [5.41, 5.74) is 8.77. The molecule has 2 aromatic rings. The van der Waals surface area contributed by atoms with Gasteiger partial charge in [-0.3, -0.25) is 5.43 Å². The number of hydrogen-bond donors (Lipinski definition) is 2. The van der Waals surface area contributed by atoms with Crippen LogP contribution >= 0.6 is 12.2 Å². The van der Waals surface area contributed by atoms with Crippen molar-refractivity contribution in [1.82, 2.24) is 5.43 Å². The summed E-state index contributed by atoms with van der Waals surface area (Å²) in [4.78, 5) is 0. The lowest BCUT2D eigenvalue weighted by Crippen LogP contribution is -2.25. The minimum Gasteiger partial charge on any atom is -0.331 e. The van der Waals surface area contributed by atoms with Crippen LogP contribution in [0.15, 0.2) is 53.6 Å². The maximum Gasteiger partial charge on any atom is 0.191 e. The van der Waals surface area contributed by atoms with Crippen LogP contribution in [0.4, 0.5) is 5.69 Å². The molecule has 0 fully saturated rings. The molecular weight excluding hydrogens is 278 g/mol. The Kier molecular flexibility index (Phi) is 3.97. The minimum atomic E-state index is 0.510. The topological polar surface area (TPSA) is 36.4 Å². The highest BCUT2D eigenvalue weighted by molar-refractivity contribution is 7.80. The highest BCUT2D eigenvalue weighted by atomic mass is 32.1. The molecule has 0 saturated heterocycles. The highest BCUT2D eigenvalue weighted by Crippen LogP contribution is 2.21. The number of thiocarbonyl (C=S) groups is 1. The van der Waals surface area contributed by atoms with Crippen molar-refractivity contribution in [2.24, 2.45) is 5.10 Å². The molecule has 2 aromatic carbocycles. The fourth-order valence-electron chi connectivity index (χ4n) is 2.44. The van der Waals surface area contributed by atoms with E-state index in [-0.39, 0.29) is 0 Å². The van der Waals surface area contributed by atoms with Crippen LogP contribution in [-0.4, -0.2) is 10.8 Å². The van der Waals surface area contributed by atoms with E-state index in [1.807, 2.05) is 30.3 Å². The Bertz CT molecular complexity index is 689. The van der Waals surface area contributed by atoms with E-state index >= 15 is 0 Å². The lowest BCUT2D eigenvalue weighted by molar-refractivity contribution is 1.01. The van der Waals surface area contributed by atoms with Crippen molar-refractivity contribution in [1.29, 1.82) is 0 Å². The maximum atomic E-state index is 5.27. The van der Waals surface area contributed by atoms with Gasteiger partial charge in [0.2, 0.25) is 0 Å². The Morgan fingerprint density at radius 2 is 1.81 bits per heavy atom. The number of nitrogens with one attached hydrogen (secondary N) is 2. The highest BCUT2D eigenvalue weighted by Gasteiger charge is 2.16. The number of hydrazone groups is 1. The summed E-state index contributed by atoms with van der Waals surface area (Å²) in [6.07, 6.45) is 2.01. The molecule has 106 valence electrons. The molecule has 0 unspecified atom stereocenters. The molecule has 0 aliphatic heterocycles. The molecule has 0 aromatic heterocycles. The van der Waals surface area contributed by atoms with Crippen molar-refractivity contribution >= 4 is 28.7 Å². The van der Waals surface area contributed by atoms with E-state index in [9.17, 15) is 0 Å². The van der Waals surface area contributed by atoms with Gasteiger partial charge in [0.25, 0.3) is 0 Å². The normalized spacial score (nSPS) is 14.8. The van der Waals surface area contributed by atoms with Gasteiger partial charge < -0.3 is 5.32 Å². The number of rotatable bonds is 2. The van der Waals surface area contributed by atoms with Gasteiger partial charge in [-0.15, -0.1) is 0 Å². The predicted molar refractivity (Wildman–Crippen MR) is 91.8 cm³/mol. The smallest absolute Gasteiger partial charge is 0.191 e. The fraction of sp³-hybridized carbons (Fsp3) is 0.176. The molecule has 3 nitrogen and oxygen atoms in total. The van der Waals surface area contributed by atoms with Crippen molar-refractivity contribution in [3.63, 3.8) is 0 Å². The quantitative estimate of drug-likeness (QED) is 0.656. The standard InChI is InChI=1S/C17H17N3S/c1-12-6-9-14(10-7-12)18-17(21)20-19-16-11-8-13-4-2-3-5-15(13)16/h2-7,9-10H,8,11H2,1H3,(H2,18,20,21)/b19-16+. The molecule has 0 radical (unpaired) electrons. The van der Waals surface area contributed by atoms with Crippen LogP contribution < -0.4 is 10.7 Å². The predicted octanol–water partition coefficient (Wildman–Crippen LogP) is 3.63. The van der Waals surface area contributed by atoms with Gasteiger partial charge in [-0.1, -0.05) is 42.0 Å². The van der Waals surface area contributed by atoms with E-state index in [4.69, 9.17) is 12.2 Å². The van der Waals surface area contributed by atoms with Gasteiger partial charge in [-0.05, 0) is 49.7 Å². The summed E-state index contributed by atoms with van der Waals surface area (Å²) in [7, 11) is 0. The molecule has 0 bridgehead atoms. The summed E-state index contributed by atoms with van der Waals surface area (Å²) in [6.45, 7) is 2.06. The molecule has 0 amide bonds. The first kappa shape index (κ1) is 13.8. The van der Waals surface area contributed by atoms with Crippen LogP contribution in [-0.2, 0) is 6.42 Å². The van der Waals surface area contributed by atoms with Gasteiger partial charge in [0.1, 0.15) is 0 Å². The summed E-state index contributed by atoms with van der Waals surface area (Å²) < 4.78 is 0. The number of nitrogens with zero attached hydrogens (tertiary/aromatic N) is 1. The first-order valence-corrected chi connectivity index (χ1v) is 7.42. The van der Waals surface area contributed by atoms with Crippen molar-refractivity contribution in [2.75, 3.05) is 5.32 Å². The monoisotopic (exact) mass is 295 g/mol. The zero-order valence-corrected chi connectivity index (χ0v) is 12.7. The van der Waals surface area contributed by atoms with E-state index < -0.39 is 0 Å². The van der Waals surface area contributed by atoms with E-state index in [0.29, 0.717) is 5.11 Å². The molecule has 0 spiro atoms. The number of anilines is 1. The number of hydrogen-bond acceptors (Lipinski definition) is 2. The van der Waals surface area contributed by atoms with E-state index in [2.05, 4.69) is 41.0 Å². The average molecular weight is 295 g/mol. The molecule has 4 heteroatoms. The Morgan fingerprint density at radius 3 is 2.62 bits per heavy atom. The van der Waals surface area contributed by atoms with E-state index in [0.717, 1.165) is 24.2 Å². The molecule has 2 N–H and O–H groups in total. The van der Waals surface area contributed by atoms with Crippen molar-refractivity contribution in [2.45, 2.75) is 19.8 Å². The molecule has 1 aliphatic carbocycles. The van der Waals surface area contributed by atoms with Crippen LogP contribution in [0, 0.1) is 6.92 Å². The third kappa shape index (κ3) is 3.28. The van der Waals surface area contributed by atoms with Crippen molar-refractivity contribution in [3.8, 4) is 0 Å². The number of aryl methyl sites for hydroxylation is 2. The Morgan fingerprint density at radius 1 is 1.05 bits per heavy atom. The third-order valence-corrected chi connectivity index (χ3v) is 3.75. The molecule has 1 aliphatic rings. The largest absolute Gasteiger partial charge is 0.331 e. The number of benzene rings is 2. The van der Waals surface area contributed by atoms with Crippen LogP contribution in [0.2, 0.25) is 0 Å². The first-order chi connectivity index (χ1) is 10.2. The molecule has 0 heterocycles. The zero-order valence-electron chi connectivity index (χ0n) is 11.9. The lowest BCUT2D eigenvalue weighted by atomic mass is 10.1. The average Bonchev–Trinajstić information content (AvgIpc) is 2.91. The van der Waals surface area contributed by atoms with Crippen LogP contribution in [0.3, 0.4) is 0 Å². The van der Waals surface area contributed by atoms with E-state index in [1.165, 1.54) is 16.7 Å². The van der Waals surface area contributed by atoms with Gasteiger partial charge in [0.05, 0.1) is 5.71 Å². The Labute approximate surface area is 130 Å². The molecule has 3 rings (SSSR count). The Balaban J connectivity index is 1.64. The minimum absolute atomic E-state index is 0.510. The van der Waals surface area contributed by atoms with Crippen LogP contribution in [0.1, 0.15) is 23.1 Å². The summed E-state index contributed by atoms with van der Waals surface area (Å²) in [6, 6.07) is 16.5. The third-order valence-electron chi connectivity index (χ3n) is 3.56. The zero-order chi connectivity index (χ0) is 14.7. The van der Waals surface area contributed by atoms with Crippen LogP contribution in [0.5, 0.6) is 0 Å². The van der Waals surface area contributed by atoms with Crippen molar-refractivity contribution in [3.05, 3.63) is 65.2 Å². The molecular formula is C17H17N3S. The molecule has 0 saturated carbocycles.